The van der Waals surface area contributed by atoms with Crippen LogP contribution in [-0.4, -0.2) is 108 Å². The molecule has 5 unspecified atom stereocenters. The summed E-state index contributed by atoms with van der Waals surface area (Å²) in [6.07, 6.45) is -3.04. The Bertz CT molecular complexity index is 1940. The molecule has 11 N–H and O–H groups in total. The third-order valence-electron chi connectivity index (χ3n) is 8.25. The summed E-state index contributed by atoms with van der Waals surface area (Å²) >= 11 is 0. The third kappa shape index (κ3) is 28.2. The van der Waals surface area contributed by atoms with E-state index >= 15 is 0 Å². The number of esters is 2. The molecule has 0 amide bonds. The molecule has 0 aliphatic heterocycles. The van der Waals surface area contributed by atoms with E-state index in [0.717, 1.165) is 25.7 Å². The van der Waals surface area contributed by atoms with Crippen LogP contribution in [0.25, 0.3) is 0 Å². The minimum Gasteiger partial charge on any atom is -0.456 e. The minimum absolute atomic E-state index is 0. The van der Waals surface area contributed by atoms with Gasteiger partial charge in [-0.05, 0) is 72.5 Å². The summed E-state index contributed by atoms with van der Waals surface area (Å²) in [6.45, 7) is 1.96. The Morgan fingerprint density at radius 2 is 0.968 bits per heavy atom. The SMILES string of the molecule is CC#CC#CC#CC#CC#CC#CC(=O)OC[C@H](COP(=O)(O)OC1C(O)[C@H](OP(=O)(O)O)C(O)C(OP(=O)(O)O)[C@@H]1O)OC(=O)CCCCCCCCCCCCCCC.N.[HH].[HH].[HH].[HH].[HH].[HH].[HH].[HH].[HH].[HH].[HH]. The maximum absolute atomic E-state index is 13.0. The molecule has 0 aromatic carbocycles. The normalized spacial score (nSPS) is 20.5. The first-order valence-corrected chi connectivity index (χ1v) is 23.8. The lowest BCUT2D eigenvalue weighted by Crippen LogP contribution is -2.65. The van der Waals surface area contributed by atoms with Crippen LogP contribution in [0.15, 0.2) is 0 Å². The number of hydrogen-bond acceptors (Lipinski definition) is 15. The lowest BCUT2D eigenvalue weighted by Gasteiger charge is -2.44. The van der Waals surface area contributed by atoms with Gasteiger partial charge in [0, 0.05) is 28.0 Å². The molecular weight excluding hydrogens is 879 g/mol. The number of hydrogen-bond donors (Lipinski definition) is 9. The Morgan fingerprint density at radius 3 is 1.39 bits per heavy atom. The number of aliphatic hydroxyl groups is 3. The van der Waals surface area contributed by atoms with E-state index in [1.165, 1.54) is 44.9 Å². The molecule has 0 bridgehead atoms. The van der Waals surface area contributed by atoms with Crippen LogP contribution in [0.5, 0.6) is 0 Å². The fourth-order valence-corrected chi connectivity index (χ4v) is 7.57. The van der Waals surface area contributed by atoms with Crippen LogP contribution < -0.4 is 6.15 Å². The highest BCUT2D eigenvalue weighted by Gasteiger charge is 2.56. The van der Waals surface area contributed by atoms with Crippen molar-refractivity contribution in [1.29, 1.82) is 0 Å². The maximum atomic E-state index is 13.0. The van der Waals surface area contributed by atoms with E-state index in [9.17, 15) is 63.1 Å². The summed E-state index contributed by atoms with van der Waals surface area (Å²) in [7, 11) is -16.7. The molecule has 0 spiro atoms. The summed E-state index contributed by atoms with van der Waals surface area (Å²) in [6, 6.07) is 0. The monoisotopic (exact) mass is 957 g/mol. The molecule has 1 fully saturated rings. The van der Waals surface area contributed by atoms with Crippen LogP contribution in [0.3, 0.4) is 0 Å². The van der Waals surface area contributed by atoms with Gasteiger partial charge in [0.15, 0.2) is 6.10 Å². The summed E-state index contributed by atoms with van der Waals surface area (Å²) in [5.41, 5.74) is 0. The number of phosphoric ester groups is 3. The van der Waals surface area contributed by atoms with Crippen molar-refractivity contribution in [1.82, 2.24) is 6.15 Å². The van der Waals surface area contributed by atoms with Crippen molar-refractivity contribution in [3.8, 4) is 71.0 Å². The molecule has 0 saturated heterocycles. The van der Waals surface area contributed by atoms with E-state index < -0.39 is 91.3 Å². The van der Waals surface area contributed by atoms with Gasteiger partial charge < -0.3 is 55.4 Å². The van der Waals surface area contributed by atoms with Crippen LogP contribution >= 0.6 is 23.5 Å². The van der Waals surface area contributed by atoms with Gasteiger partial charge in [-0.2, -0.15) is 0 Å². The van der Waals surface area contributed by atoms with Gasteiger partial charge in [-0.1, -0.05) is 89.9 Å². The van der Waals surface area contributed by atoms with E-state index in [2.05, 4.69) is 81.1 Å². The molecule has 1 rings (SSSR count). The topological polar surface area (TPSA) is 338 Å². The second kappa shape index (κ2) is 32.2. The first-order valence-electron chi connectivity index (χ1n) is 19.3. The number of aliphatic hydroxyl groups excluding tert-OH is 3. The first-order chi connectivity index (χ1) is 28.8. The molecule has 0 heterocycles. The molecule has 1 aliphatic rings. The predicted molar refractivity (Wildman–Crippen MR) is 244 cm³/mol. The smallest absolute Gasteiger partial charge is 0.456 e. The summed E-state index contributed by atoms with van der Waals surface area (Å²) < 4.78 is 64.5. The molecular formula is C39H78NO19P3. The zero-order valence-electron chi connectivity index (χ0n) is 34.5. The Morgan fingerprint density at radius 1 is 0.581 bits per heavy atom. The number of phosphoric acid groups is 3. The average Bonchev–Trinajstić information content (AvgIpc) is 3.18. The van der Waals surface area contributed by atoms with Crippen molar-refractivity contribution < 1.29 is 106 Å². The second-order valence-corrected chi connectivity index (χ2v) is 17.0. The van der Waals surface area contributed by atoms with E-state index in [-0.39, 0.29) is 28.3 Å². The number of unbranched alkanes of at least 4 members (excludes halogenated alkanes) is 12. The molecule has 23 heteroatoms. The van der Waals surface area contributed by atoms with Gasteiger partial charge in [0.05, 0.1) is 6.61 Å². The van der Waals surface area contributed by atoms with Gasteiger partial charge in [-0.25, -0.2) is 18.5 Å². The van der Waals surface area contributed by atoms with Crippen LogP contribution in [0.1, 0.15) is 119 Å². The van der Waals surface area contributed by atoms with E-state index in [1.807, 2.05) is 5.92 Å². The highest BCUT2D eigenvalue weighted by molar-refractivity contribution is 7.47. The van der Waals surface area contributed by atoms with Crippen molar-refractivity contribution in [3.05, 3.63) is 0 Å². The van der Waals surface area contributed by atoms with Crippen LogP contribution in [0, 0.1) is 71.0 Å². The molecule has 368 valence electrons. The average molecular weight is 958 g/mol. The van der Waals surface area contributed by atoms with E-state index in [1.54, 1.807) is 6.92 Å². The highest BCUT2D eigenvalue weighted by Crippen LogP contribution is 2.51. The van der Waals surface area contributed by atoms with Crippen molar-refractivity contribution in [2.24, 2.45) is 0 Å². The molecule has 0 aromatic heterocycles. The van der Waals surface area contributed by atoms with Crippen molar-refractivity contribution >= 4 is 35.4 Å². The van der Waals surface area contributed by atoms with Crippen LogP contribution in [0.2, 0.25) is 0 Å². The largest absolute Gasteiger partial charge is 0.472 e. The van der Waals surface area contributed by atoms with Crippen LogP contribution in [-0.2, 0) is 50.9 Å². The Balaban J connectivity index is -0.000000310. The molecule has 62 heavy (non-hydrogen) atoms. The fourth-order valence-electron chi connectivity index (χ4n) is 5.47. The summed E-state index contributed by atoms with van der Waals surface area (Å²) in [5.74, 6) is 26.3. The molecule has 0 aromatic rings. The van der Waals surface area contributed by atoms with E-state index in [4.69, 9.17) is 18.5 Å². The van der Waals surface area contributed by atoms with Crippen LogP contribution in [0.4, 0.5) is 0 Å². The highest BCUT2D eigenvalue weighted by atomic mass is 31.2. The standard InChI is InChI=1S/C39H53O19P3.H3N.11H2/c1-3-5-7-9-11-13-15-16-18-20-22-24-26-28-33(41)55-31(29-53-32(40)27-25-23-21-19-17-14-12-10-8-6-4-2)30-54-61(51,52)58-39-35(43)37(56-59(45,46)47)34(42)38(36(39)44)57-60(48,49)50;;;;;;;;;;;;/h31,34-39,42-44H,3,5,7,9,11,13,15-16,18,20,22,24,26,28-30H2,1-2H3,(H,51,52)(H2,45,46,47)(H2,48,49,50);1H3;11*1H/t31-,34?,35+,36?,37?,38-,39?;;;;;;;;;;;;/m1............/s1. The van der Waals surface area contributed by atoms with Gasteiger partial charge in [0.2, 0.25) is 0 Å². The molecule has 1 saturated carbocycles. The predicted octanol–water partition coefficient (Wildman–Crippen LogP) is 5.39. The zero-order chi connectivity index (χ0) is 45.7. The number of ether oxygens (including phenoxy) is 2. The van der Waals surface area contributed by atoms with Gasteiger partial charge in [0.25, 0.3) is 0 Å². The first kappa shape index (κ1) is 58.5. The zero-order valence-corrected chi connectivity index (χ0v) is 37.2. The lowest BCUT2D eigenvalue weighted by atomic mass is 9.85. The van der Waals surface area contributed by atoms with Gasteiger partial charge >= 0.3 is 35.4 Å². The second-order valence-electron chi connectivity index (χ2n) is 13.3. The number of rotatable bonds is 26. The van der Waals surface area contributed by atoms with Gasteiger partial charge in [-0.15, -0.1) is 0 Å². The van der Waals surface area contributed by atoms with Gasteiger partial charge in [0.1, 0.15) is 43.2 Å². The molecule has 1 aliphatic carbocycles. The lowest BCUT2D eigenvalue weighted by molar-refractivity contribution is -0.213. The third-order valence-corrected chi connectivity index (χ3v) is 10.3. The Hall–Kier alpha value is -3.53. The molecule has 0 radical (unpaired) electrons. The van der Waals surface area contributed by atoms with Crippen molar-refractivity contribution in [2.45, 2.75) is 146 Å². The summed E-state index contributed by atoms with van der Waals surface area (Å²) in [4.78, 5) is 72.4. The van der Waals surface area contributed by atoms with Crippen molar-refractivity contribution in [2.75, 3.05) is 13.2 Å². The van der Waals surface area contributed by atoms with E-state index in [0.29, 0.717) is 12.8 Å². The number of carbonyl (C=O) groups excluding carboxylic acids is 2. The molecule has 8 atom stereocenters. The molecule has 20 nitrogen and oxygen atoms in total. The van der Waals surface area contributed by atoms with Gasteiger partial charge in [-0.3, -0.25) is 22.9 Å². The minimum atomic E-state index is -5.58. The quantitative estimate of drug-likeness (QED) is 0.0173. The Labute approximate surface area is 378 Å². The summed E-state index contributed by atoms with van der Waals surface area (Å²) in [5, 5.41) is 31.6. The maximum Gasteiger partial charge on any atom is 0.472 e. The fraction of sp³-hybridized carbons (Fsp3) is 0.641. The Kier molecular flexibility index (Phi) is 30.3. The van der Waals surface area contributed by atoms with Crippen molar-refractivity contribution in [3.63, 3.8) is 0 Å². The number of carbonyl (C=O) groups is 2.